The standard InChI is InChI=1S/C22H26O3S/c1-2-3-4-5-6-9-15-25-22(23)18-12-10-14-21-19(18)16-17-11-7-8-13-20(17)26(21)24/h7-8,10-14H,2-6,9,15-16H2,1H3. The molecule has 0 saturated carbocycles. The van der Waals surface area contributed by atoms with Gasteiger partial charge in [-0.05, 0) is 24.6 Å². The summed E-state index contributed by atoms with van der Waals surface area (Å²) in [6.07, 6.45) is 7.58. The molecule has 1 aliphatic rings. The van der Waals surface area contributed by atoms with Gasteiger partial charge in [-0.15, -0.1) is 0 Å². The minimum absolute atomic E-state index is 0.299. The van der Waals surface area contributed by atoms with Gasteiger partial charge in [0.15, 0.2) is 9.79 Å². The molecule has 0 saturated heterocycles. The van der Waals surface area contributed by atoms with Crippen molar-refractivity contribution in [2.45, 2.75) is 61.7 Å². The highest BCUT2D eigenvalue weighted by Gasteiger charge is 2.31. The molecule has 0 aliphatic carbocycles. The Balaban J connectivity index is 1.63. The van der Waals surface area contributed by atoms with Crippen LogP contribution in [0.5, 0.6) is 0 Å². The lowest BCUT2D eigenvalue weighted by atomic mass is 9.99. The van der Waals surface area contributed by atoms with Gasteiger partial charge in [0, 0.05) is 28.7 Å². The molecule has 4 heteroatoms. The van der Waals surface area contributed by atoms with E-state index in [1.54, 1.807) is 12.1 Å². The van der Waals surface area contributed by atoms with Crippen molar-refractivity contribution < 1.29 is 14.1 Å². The molecule has 3 nitrogen and oxygen atoms in total. The van der Waals surface area contributed by atoms with Crippen molar-refractivity contribution in [1.29, 1.82) is 0 Å². The van der Waals surface area contributed by atoms with Crippen LogP contribution in [0.1, 0.15) is 66.9 Å². The van der Waals surface area contributed by atoms with Crippen LogP contribution in [-0.4, -0.2) is 17.1 Å². The van der Waals surface area contributed by atoms with Crippen molar-refractivity contribution in [2.75, 3.05) is 6.61 Å². The maximum absolute atomic E-state index is 12.8. The lowest BCUT2D eigenvalue weighted by molar-refractivity contribution is 0.0496. The number of benzene rings is 2. The first-order valence-corrected chi connectivity index (χ1v) is 10.7. The van der Waals surface area contributed by atoms with Gasteiger partial charge < -0.3 is 9.29 Å². The second-order valence-corrected chi connectivity index (χ2v) is 8.16. The molecule has 0 bridgehead atoms. The summed E-state index contributed by atoms with van der Waals surface area (Å²) in [6.45, 7) is 2.65. The normalized spacial score (nSPS) is 15.2. The highest BCUT2D eigenvalue weighted by atomic mass is 32.2. The molecule has 2 aromatic carbocycles. The maximum atomic E-state index is 12.8. The summed E-state index contributed by atoms with van der Waals surface area (Å²) in [5, 5.41) is 0. The minimum atomic E-state index is -1.24. The highest BCUT2D eigenvalue weighted by Crippen LogP contribution is 2.35. The van der Waals surface area contributed by atoms with E-state index in [2.05, 4.69) is 6.92 Å². The number of unbranched alkanes of at least 4 members (excludes halogenated alkanes) is 5. The topological polar surface area (TPSA) is 49.4 Å². The van der Waals surface area contributed by atoms with E-state index in [4.69, 9.17) is 4.74 Å². The smallest absolute Gasteiger partial charge is 0.338 e. The first-order valence-electron chi connectivity index (χ1n) is 9.51. The van der Waals surface area contributed by atoms with E-state index in [-0.39, 0.29) is 5.97 Å². The van der Waals surface area contributed by atoms with Gasteiger partial charge in [-0.2, -0.15) is 0 Å². The fraction of sp³-hybridized carbons (Fsp3) is 0.409. The third-order valence-electron chi connectivity index (χ3n) is 4.82. The summed E-state index contributed by atoms with van der Waals surface area (Å²) in [4.78, 5) is 14.1. The van der Waals surface area contributed by atoms with Crippen molar-refractivity contribution in [3.63, 3.8) is 0 Å². The number of fused-ring (bicyclic) bond motifs is 2. The van der Waals surface area contributed by atoms with E-state index < -0.39 is 11.2 Å². The van der Waals surface area contributed by atoms with Crippen LogP contribution in [0.25, 0.3) is 0 Å². The van der Waals surface area contributed by atoms with Crippen LogP contribution in [-0.2, 0) is 22.3 Å². The Morgan fingerprint density at radius 2 is 1.73 bits per heavy atom. The van der Waals surface area contributed by atoms with Crippen LogP contribution in [0.15, 0.2) is 52.3 Å². The highest BCUT2D eigenvalue weighted by molar-refractivity contribution is 7.91. The van der Waals surface area contributed by atoms with Crippen molar-refractivity contribution in [1.82, 2.24) is 0 Å². The number of hydrogen-bond acceptors (Lipinski definition) is 3. The number of rotatable bonds is 8. The number of ether oxygens (including phenoxy) is 1. The van der Waals surface area contributed by atoms with Gasteiger partial charge in [-0.3, -0.25) is 0 Å². The van der Waals surface area contributed by atoms with Gasteiger partial charge in [0.1, 0.15) is 0 Å². The summed E-state index contributed by atoms with van der Waals surface area (Å²) >= 11 is -1.24. The molecule has 0 aromatic heterocycles. The van der Waals surface area contributed by atoms with Crippen LogP contribution in [0.4, 0.5) is 0 Å². The third kappa shape index (κ3) is 4.30. The molecule has 1 unspecified atom stereocenters. The van der Waals surface area contributed by atoms with Crippen LogP contribution in [0.2, 0.25) is 0 Å². The average molecular weight is 371 g/mol. The Morgan fingerprint density at radius 3 is 2.58 bits per heavy atom. The van der Waals surface area contributed by atoms with Crippen LogP contribution >= 0.6 is 0 Å². The van der Waals surface area contributed by atoms with Crippen LogP contribution in [0.3, 0.4) is 0 Å². The molecule has 1 heterocycles. The minimum Gasteiger partial charge on any atom is -0.606 e. The average Bonchev–Trinajstić information content (AvgIpc) is 2.67. The molecule has 3 rings (SSSR count). The first kappa shape index (κ1) is 19.0. The molecule has 0 N–H and O–H groups in total. The monoisotopic (exact) mass is 370 g/mol. The number of carbonyl (C=O) groups is 1. The van der Waals surface area contributed by atoms with Gasteiger partial charge >= 0.3 is 5.97 Å². The summed E-state index contributed by atoms with van der Waals surface area (Å²) in [5.74, 6) is -0.299. The van der Waals surface area contributed by atoms with Gasteiger partial charge in [-0.1, -0.05) is 63.3 Å². The van der Waals surface area contributed by atoms with Crippen molar-refractivity contribution in [3.8, 4) is 0 Å². The molecule has 2 aromatic rings. The SMILES string of the molecule is CCCCCCCCOC(=O)c1cccc2c1Cc1ccccc1[S+]2[O-]. The van der Waals surface area contributed by atoms with Crippen LogP contribution in [0, 0.1) is 0 Å². The quantitative estimate of drug-likeness (QED) is 0.361. The van der Waals surface area contributed by atoms with E-state index in [1.165, 1.54) is 25.7 Å². The molecule has 0 amide bonds. The fourth-order valence-electron chi connectivity index (χ4n) is 3.38. The Kier molecular flexibility index (Phi) is 6.75. The fourth-order valence-corrected chi connectivity index (χ4v) is 4.80. The largest absolute Gasteiger partial charge is 0.606 e. The zero-order chi connectivity index (χ0) is 18.4. The molecular weight excluding hydrogens is 344 g/mol. The van der Waals surface area contributed by atoms with Gasteiger partial charge in [0.05, 0.1) is 12.2 Å². The van der Waals surface area contributed by atoms with E-state index in [0.717, 1.165) is 33.8 Å². The molecule has 1 aliphatic heterocycles. The van der Waals surface area contributed by atoms with Gasteiger partial charge in [0.2, 0.25) is 0 Å². The second-order valence-electron chi connectivity index (χ2n) is 6.74. The molecule has 1 atom stereocenters. The summed E-state index contributed by atoms with van der Waals surface area (Å²) in [5.41, 5.74) is 2.42. The molecule has 0 spiro atoms. The summed E-state index contributed by atoms with van der Waals surface area (Å²) in [6, 6.07) is 13.2. The van der Waals surface area contributed by atoms with E-state index in [9.17, 15) is 9.35 Å². The number of carbonyl (C=O) groups excluding carboxylic acids is 1. The van der Waals surface area contributed by atoms with Crippen molar-refractivity contribution in [2.24, 2.45) is 0 Å². The number of esters is 1. The first-order chi connectivity index (χ1) is 12.7. The Hall–Kier alpha value is -1.78. The number of hydrogen-bond donors (Lipinski definition) is 0. The zero-order valence-electron chi connectivity index (χ0n) is 15.3. The summed E-state index contributed by atoms with van der Waals surface area (Å²) in [7, 11) is 0. The van der Waals surface area contributed by atoms with Gasteiger partial charge in [-0.25, -0.2) is 4.79 Å². The lowest BCUT2D eigenvalue weighted by Crippen LogP contribution is -2.19. The maximum Gasteiger partial charge on any atom is 0.338 e. The molecule has 138 valence electrons. The molecule has 0 radical (unpaired) electrons. The Labute approximate surface area is 159 Å². The van der Waals surface area contributed by atoms with E-state index >= 15 is 0 Å². The third-order valence-corrected chi connectivity index (χ3v) is 6.40. The van der Waals surface area contributed by atoms with Crippen molar-refractivity contribution in [3.05, 3.63) is 59.2 Å². The van der Waals surface area contributed by atoms with Crippen molar-refractivity contribution >= 4 is 17.1 Å². The molecule has 0 fully saturated rings. The Morgan fingerprint density at radius 1 is 1.00 bits per heavy atom. The van der Waals surface area contributed by atoms with Gasteiger partial charge in [0.25, 0.3) is 0 Å². The molecular formula is C22H26O3S. The van der Waals surface area contributed by atoms with E-state index in [0.29, 0.717) is 18.6 Å². The Bertz CT molecular complexity index is 757. The second kappa shape index (κ2) is 9.24. The zero-order valence-corrected chi connectivity index (χ0v) is 16.1. The summed E-state index contributed by atoms with van der Waals surface area (Å²) < 4.78 is 18.3. The lowest BCUT2D eigenvalue weighted by Gasteiger charge is -2.23. The predicted molar refractivity (Wildman–Crippen MR) is 104 cm³/mol. The van der Waals surface area contributed by atoms with Crippen LogP contribution < -0.4 is 0 Å². The molecule has 26 heavy (non-hydrogen) atoms. The predicted octanol–water partition coefficient (Wildman–Crippen LogP) is 5.27. The van der Waals surface area contributed by atoms with E-state index in [1.807, 2.05) is 30.3 Å².